The zero-order valence-corrected chi connectivity index (χ0v) is 12.1. The standard InChI is InChI=1S/C13H20N2S2/c1-3-17-8-4-7-15-11-5-6-12(13(14)16)10(2)9-11/h5-6,9,15H,3-4,7-8H2,1-2H3,(H2,14,16). The third-order valence-electron chi connectivity index (χ3n) is 2.49. The number of nitrogens with two attached hydrogens (primary N) is 1. The maximum atomic E-state index is 5.63. The highest BCUT2D eigenvalue weighted by Crippen LogP contribution is 2.15. The van der Waals surface area contributed by atoms with Crippen LogP contribution in [0.5, 0.6) is 0 Å². The molecule has 94 valence electrons. The Balaban J connectivity index is 2.45. The minimum Gasteiger partial charge on any atom is -0.389 e. The molecule has 0 saturated heterocycles. The fraction of sp³-hybridized carbons (Fsp3) is 0.462. The van der Waals surface area contributed by atoms with Crippen molar-refractivity contribution in [2.24, 2.45) is 5.73 Å². The lowest BCUT2D eigenvalue weighted by atomic mass is 10.1. The molecule has 0 fully saturated rings. The zero-order chi connectivity index (χ0) is 12.7. The van der Waals surface area contributed by atoms with Gasteiger partial charge in [0.15, 0.2) is 0 Å². The van der Waals surface area contributed by atoms with E-state index in [4.69, 9.17) is 18.0 Å². The molecule has 3 N–H and O–H groups in total. The van der Waals surface area contributed by atoms with Gasteiger partial charge >= 0.3 is 0 Å². The van der Waals surface area contributed by atoms with Crippen LogP contribution < -0.4 is 11.1 Å². The number of hydrogen-bond donors (Lipinski definition) is 2. The molecular formula is C13H20N2S2. The first-order valence-electron chi connectivity index (χ1n) is 5.87. The van der Waals surface area contributed by atoms with Crippen molar-refractivity contribution in [1.82, 2.24) is 0 Å². The zero-order valence-electron chi connectivity index (χ0n) is 10.5. The number of thiocarbonyl (C=S) groups is 1. The summed E-state index contributed by atoms with van der Waals surface area (Å²) in [6.07, 6.45) is 1.19. The molecule has 0 aromatic heterocycles. The van der Waals surface area contributed by atoms with E-state index in [2.05, 4.69) is 18.3 Å². The lowest BCUT2D eigenvalue weighted by Crippen LogP contribution is -2.11. The molecule has 0 saturated carbocycles. The van der Waals surface area contributed by atoms with Gasteiger partial charge in [-0.3, -0.25) is 0 Å². The molecule has 1 aromatic carbocycles. The minimum atomic E-state index is 0.466. The molecule has 0 aliphatic carbocycles. The second kappa shape index (κ2) is 7.56. The highest BCUT2D eigenvalue weighted by Gasteiger charge is 2.01. The molecule has 0 atom stereocenters. The van der Waals surface area contributed by atoms with Gasteiger partial charge in [0.1, 0.15) is 4.99 Å². The van der Waals surface area contributed by atoms with Crippen molar-refractivity contribution >= 4 is 34.7 Å². The first-order chi connectivity index (χ1) is 8.15. The van der Waals surface area contributed by atoms with Gasteiger partial charge in [0.25, 0.3) is 0 Å². The fourth-order valence-electron chi connectivity index (χ4n) is 1.60. The molecule has 0 amide bonds. The summed E-state index contributed by atoms with van der Waals surface area (Å²) in [7, 11) is 0. The van der Waals surface area contributed by atoms with Crippen molar-refractivity contribution in [1.29, 1.82) is 0 Å². The number of rotatable bonds is 7. The van der Waals surface area contributed by atoms with E-state index in [1.165, 1.54) is 17.9 Å². The van der Waals surface area contributed by atoms with Crippen molar-refractivity contribution in [2.45, 2.75) is 20.3 Å². The molecule has 0 unspecified atom stereocenters. The van der Waals surface area contributed by atoms with Crippen LogP contribution in [0.15, 0.2) is 18.2 Å². The second-order valence-electron chi connectivity index (χ2n) is 3.87. The Morgan fingerprint density at radius 2 is 2.24 bits per heavy atom. The largest absolute Gasteiger partial charge is 0.389 e. The fourth-order valence-corrected chi connectivity index (χ4v) is 2.47. The Morgan fingerprint density at radius 1 is 1.47 bits per heavy atom. The second-order valence-corrected chi connectivity index (χ2v) is 5.70. The average molecular weight is 268 g/mol. The molecule has 0 heterocycles. The van der Waals surface area contributed by atoms with Gasteiger partial charge in [0, 0.05) is 17.8 Å². The Labute approximate surface area is 113 Å². The van der Waals surface area contributed by atoms with E-state index in [0.717, 1.165) is 23.4 Å². The van der Waals surface area contributed by atoms with Crippen LogP contribution in [0.1, 0.15) is 24.5 Å². The van der Waals surface area contributed by atoms with Crippen LogP contribution in [-0.4, -0.2) is 23.0 Å². The van der Waals surface area contributed by atoms with Gasteiger partial charge in [-0.1, -0.05) is 19.1 Å². The van der Waals surface area contributed by atoms with Crippen molar-refractivity contribution in [3.63, 3.8) is 0 Å². The van der Waals surface area contributed by atoms with Crippen LogP contribution in [0.4, 0.5) is 5.69 Å². The molecule has 0 aliphatic rings. The van der Waals surface area contributed by atoms with Gasteiger partial charge in [-0.15, -0.1) is 0 Å². The van der Waals surface area contributed by atoms with Crippen LogP contribution in [-0.2, 0) is 0 Å². The summed E-state index contributed by atoms with van der Waals surface area (Å²) in [5.41, 5.74) is 8.87. The van der Waals surface area contributed by atoms with Crippen LogP contribution >= 0.6 is 24.0 Å². The predicted molar refractivity (Wildman–Crippen MR) is 83.2 cm³/mol. The minimum absolute atomic E-state index is 0.466. The molecule has 1 rings (SSSR count). The molecule has 0 radical (unpaired) electrons. The van der Waals surface area contributed by atoms with Crippen LogP contribution in [0.3, 0.4) is 0 Å². The molecule has 4 heteroatoms. The molecule has 17 heavy (non-hydrogen) atoms. The predicted octanol–water partition coefficient (Wildman–Crippen LogP) is 3.18. The van der Waals surface area contributed by atoms with E-state index in [0.29, 0.717) is 4.99 Å². The third-order valence-corrected chi connectivity index (χ3v) is 3.70. The van der Waals surface area contributed by atoms with E-state index >= 15 is 0 Å². The highest BCUT2D eigenvalue weighted by atomic mass is 32.2. The number of anilines is 1. The lowest BCUT2D eigenvalue weighted by Gasteiger charge is -2.09. The number of thioether (sulfide) groups is 1. The molecule has 0 bridgehead atoms. The Hall–Kier alpha value is -0.740. The van der Waals surface area contributed by atoms with Gasteiger partial charge in [-0.25, -0.2) is 0 Å². The van der Waals surface area contributed by atoms with Gasteiger partial charge in [0.2, 0.25) is 0 Å². The average Bonchev–Trinajstić information content (AvgIpc) is 2.28. The summed E-state index contributed by atoms with van der Waals surface area (Å²) >= 11 is 6.96. The van der Waals surface area contributed by atoms with Crippen molar-refractivity contribution in [2.75, 3.05) is 23.4 Å². The SMILES string of the molecule is CCSCCCNc1ccc(C(N)=S)c(C)c1. The summed E-state index contributed by atoms with van der Waals surface area (Å²) in [4.78, 5) is 0.466. The van der Waals surface area contributed by atoms with Crippen molar-refractivity contribution < 1.29 is 0 Å². The summed E-state index contributed by atoms with van der Waals surface area (Å²) in [6.45, 7) is 5.24. The summed E-state index contributed by atoms with van der Waals surface area (Å²) in [5, 5.41) is 3.41. The number of nitrogens with one attached hydrogen (secondary N) is 1. The topological polar surface area (TPSA) is 38.0 Å². The van der Waals surface area contributed by atoms with E-state index in [-0.39, 0.29) is 0 Å². The van der Waals surface area contributed by atoms with E-state index in [9.17, 15) is 0 Å². The van der Waals surface area contributed by atoms with E-state index < -0.39 is 0 Å². The molecule has 1 aromatic rings. The maximum Gasteiger partial charge on any atom is 0.104 e. The quantitative estimate of drug-likeness (QED) is 0.588. The monoisotopic (exact) mass is 268 g/mol. The first kappa shape index (κ1) is 14.3. The summed E-state index contributed by atoms with van der Waals surface area (Å²) in [5.74, 6) is 2.41. The Bertz CT molecular complexity index is 378. The number of hydrogen-bond acceptors (Lipinski definition) is 3. The van der Waals surface area contributed by atoms with Crippen LogP contribution in [0, 0.1) is 6.92 Å². The molecular weight excluding hydrogens is 248 g/mol. The Morgan fingerprint density at radius 3 is 2.82 bits per heavy atom. The first-order valence-corrected chi connectivity index (χ1v) is 7.43. The Kier molecular flexibility index (Phi) is 6.37. The van der Waals surface area contributed by atoms with Crippen molar-refractivity contribution in [3.05, 3.63) is 29.3 Å². The smallest absolute Gasteiger partial charge is 0.104 e. The number of aryl methyl sites for hydroxylation is 1. The van der Waals surface area contributed by atoms with Gasteiger partial charge in [-0.05, 0) is 48.6 Å². The summed E-state index contributed by atoms with van der Waals surface area (Å²) in [6, 6.07) is 6.12. The van der Waals surface area contributed by atoms with Gasteiger partial charge < -0.3 is 11.1 Å². The maximum absolute atomic E-state index is 5.63. The highest BCUT2D eigenvalue weighted by molar-refractivity contribution is 7.99. The number of benzene rings is 1. The van der Waals surface area contributed by atoms with E-state index in [1.54, 1.807) is 0 Å². The normalized spacial score (nSPS) is 10.2. The van der Waals surface area contributed by atoms with Crippen LogP contribution in [0.25, 0.3) is 0 Å². The van der Waals surface area contributed by atoms with Crippen LogP contribution in [0.2, 0.25) is 0 Å². The van der Waals surface area contributed by atoms with Gasteiger partial charge in [-0.2, -0.15) is 11.8 Å². The lowest BCUT2D eigenvalue weighted by molar-refractivity contribution is 0.991. The molecule has 2 nitrogen and oxygen atoms in total. The molecule has 0 spiro atoms. The summed E-state index contributed by atoms with van der Waals surface area (Å²) < 4.78 is 0. The van der Waals surface area contributed by atoms with Crippen molar-refractivity contribution in [3.8, 4) is 0 Å². The van der Waals surface area contributed by atoms with E-state index in [1.807, 2.05) is 30.8 Å². The molecule has 0 aliphatic heterocycles. The van der Waals surface area contributed by atoms with Gasteiger partial charge in [0.05, 0.1) is 0 Å². The third kappa shape index (κ3) is 4.96.